The third-order valence-corrected chi connectivity index (χ3v) is 3.69. The van der Waals surface area contributed by atoms with E-state index >= 15 is 0 Å². The van der Waals surface area contributed by atoms with Gasteiger partial charge in [0.2, 0.25) is 0 Å². The maximum atomic E-state index is 10.6. The predicted octanol–water partition coefficient (Wildman–Crippen LogP) is 3.46. The van der Waals surface area contributed by atoms with Crippen LogP contribution in [0.1, 0.15) is 11.1 Å². The van der Waals surface area contributed by atoms with Gasteiger partial charge in [0, 0.05) is 25.2 Å². The van der Waals surface area contributed by atoms with Gasteiger partial charge in [0.25, 0.3) is 5.69 Å². The molecule has 2 aromatic rings. The number of hydrogen-bond acceptors (Lipinski definition) is 4. The Morgan fingerprint density at radius 2 is 1.70 bits per heavy atom. The summed E-state index contributed by atoms with van der Waals surface area (Å²) in [6.45, 7) is 4.41. The second kappa shape index (κ2) is 8.29. The molecule has 0 aliphatic heterocycles. The lowest BCUT2D eigenvalue weighted by molar-refractivity contribution is -0.384. The molecule has 0 aromatic heterocycles. The van der Waals surface area contributed by atoms with Crippen LogP contribution in [0.4, 0.5) is 5.69 Å². The summed E-state index contributed by atoms with van der Waals surface area (Å²) in [6.07, 6.45) is 0.860. The molecule has 0 atom stereocenters. The Labute approximate surface area is 136 Å². The van der Waals surface area contributed by atoms with Gasteiger partial charge in [0.1, 0.15) is 12.4 Å². The van der Waals surface area contributed by atoms with Gasteiger partial charge >= 0.3 is 0 Å². The molecule has 0 unspecified atom stereocenters. The highest BCUT2D eigenvalue weighted by Gasteiger charge is 2.05. The van der Waals surface area contributed by atoms with Crippen molar-refractivity contribution in [1.82, 2.24) is 4.90 Å². The SMILES string of the molecule is Cc1ccc(OCCN(C)CCc2ccc([N+](=O)[O-])cc2)cc1. The largest absolute Gasteiger partial charge is 0.492 e. The van der Waals surface area contributed by atoms with Gasteiger partial charge in [-0.3, -0.25) is 10.1 Å². The van der Waals surface area contributed by atoms with Crippen molar-refractivity contribution in [1.29, 1.82) is 0 Å². The van der Waals surface area contributed by atoms with Crippen molar-refractivity contribution in [2.24, 2.45) is 0 Å². The Hall–Kier alpha value is -2.40. The fraction of sp³-hybridized carbons (Fsp3) is 0.333. The summed E-state index contributed by atoms with van der Waals surface area (Å²) in [4.78, 5) is 12.4. The lowest BCUT2D eigenvalue weighted by Gasteiger charge is -2.17. The topological polar surface area (TPSA) is 55.6 Å². The number of aryl methyl sites for hydroxylation is 1. The summed E-state index contributed by atoms with van der Waals surface area (Å²) >= 11 is 0. The molecular weight excluding hydrogens is 292 g/mol. The molecule has 5 nitrogen and oxygen atoms in total. The minimum absolute atomic E-state index is 0.133. The molecule has 23 heavy (non-hydrogen) atoms. The first-order valence-electron chi connectivity index (χ1n) is 7.66. The van der Waals surface area contributed by atoms with Gasteiger partial charge in [0.15, 0.2) is 0 Å². The molecule has 0 spiro atoms. The lowest BCUT2D eigenvalue weighted by atomic mass is 10.1. The van der Waals surface area contributed by atoms with E-state index in [1.54, 1.807) is 12.1 Å². The average Bonchev–Trinajstić information content (AvgIpc) is 2.55. The van der Waals surface area contributed by atoms with Crippen molar-refractivity contribution >= 4 is 5.69 Å². The number of non-ortho nitro benzene ring substituents is 1. The molecule has 5 heteroatoms. The Kier molecular flexibility index (Phi) is 6.11. The van der Waals surface area contributed by atoms with Crippen LogP contribution in [0, 0.1) is 17.0 Å². The molecule has 0 aliphatic carbocycles. The molecule has 0 saturated carbocycles. The van der Waals surface area contributed by atoms with E-state index in [2.05, 4.69) is 11.8 Å². The van der Waals surface area contributed by atoms with Gasteiger partial charge in [-0.15, -0.1) is 0 Å². The summed E-state index contributed by atoms with van der Waals surface area (Å²) in [6, 6.07) is 14.8. The van der Waals surface area contributed by atoms with E-state index in [1.165, 1.54) is 5.56 Å². The van der Waals surface area contributed by atoms with Gasteiger partial charge < -0.3 is 9.64 Å². The molecule has 0 saturated heterocycles. The zero-order chi connectivity index (χ0) is 16.7. The monoisotopic (exact) mass is 314 g/mol. The average molecular weight is 314 g/mol. The van der Waals surface area contributed by atoms with Crippen LogP contribution < -0.4 is 4.74 Å². The number of rotatable bonds is 8. The molecule has 0 aliphatic rings. The van der Waals surface area contributed by atoms with Crippen LogP contribution in [0.3, 0.4) is 0 Å². The number of likely N-dealkylation sites (N-methyl/N-ethyl adjacent to an activating group) is 1. The van der Waals surface area contributed by atoms with Gasteiger partial charge in [0.05, 0.1) is 4.92 Å². The lowest BCUT2D eigenvalue weighted by Crippen LogP contribution is -2.26. The molecule has 2 rings (SSSR count). The zero-order valence-corrected chi connectivity index (χ0v) is 13.6. The maximum Gasteiger partial charge on any atom is 0.269 e. The molecule has 0 bridgehead atoms. The molecule has 0 radical (unpaired) electrons. The summed E-state index contributed by atoms with van der Waals surface area (Å²) in [5.41, 5.74) is 2.45. The molecule has 0 fully saturated rings. The Morgan fingerprint density at radius 1 is 1.04 bits per heavy atom. The third kappa shape index (κ3) is 5.71. The minimum Gasteiger partial charge on any atom is -0.492 e. The van der Waals surface area contributed by atoms with Crippen molar-refractivity contribution in [3.8, 4) is 5.75 Å². The van der Waals surface area contributed by atoms with E-state index in [0.29, 0.717) is 6.61 Å². The fourth-order valence-electron chi connectivity index (χ4n) is 2.17. The predicted molar refractivity (Wildman–Crippen MR) is 91.0 cm³/mol. The summed E-state index contributed by atoms with van der Waals surface area (Å²) < 4.78 is 5.71. The highest BCUT2D eigenvalue weighted by molar-refractivity contribution is 5.33. The summed E-state index contributed by atoms with van der Waals surface area (Å²) in [5, 5.41) is 10.6. The number of nitrogens with zero attached hydrogens (tertiary/aromatic N) is 2. The van der Waals surface area contributed by atoms with Crippen LogP contribution in [0.15, 0.2) is 48.5 Å². The maximum absolute atomic E-state index is 10.6. The van der Waals surface area contributed by atoms with E-state index in [4.69, 9.17) is 4.74 Å². The van der Waals surface area contributed by atoms with Crippen LogP contribution in [0.25, 0.3) is 0 Å². The van der Waals surface area contributed by atoms with E-state index < -0.39 is 0 Å². The van der Waals surface area contributed by atoms with E-state index in [0.717, 1.165) is 30.8 Å². The number of hydrogen-bond donors (Lipinski definition) is 0. The fourth-order valence-corrected chi connectivity index (χ4v) is 2.17. The first kappa shape index (κ1) is 17.0. The van der Waals surface area contributed by atoms with Crippen LogP contribution >= 0.6 is 0 Å². The smallest absolute Gasteiger partial charge is 0.269 e. The van der Waals surface area contributed by atoms with Crippen LogP contribution in [-0.2, 0) is 6.42 Å². The number of nitro groups is 1. The second-order valence-corrected chi connectivity index (χ2v) is 5.64. The van der Waals surface area contributed by atoms with Crippen molar-refractivity contribution in [2.75, 3.05) is 26.7 Å². The van der Waals surface area contributed by atoms with Gasteiger partial charge in [-0.1, -0.05) is 29.8 Å². The van der Waals surface area contributed by atoms with Crippen molar-refractivity contribution < 1.29 is 9.66 Å². The normalized spacial score (nSPS) is 10.7. The summed E-state index contributed by atoms with van der Waals surface area (Å²) in [5.74, 6) is 0.888. The third-order valence-electron chi connectivity index (χ3n) is 3.69. The Morgan fingerprint density at radius 3 is 2.30 bits per heavy atom. The molecule has 0 N–H and O–H groups in total. The molecular formula is C18H22N2O3. The van der Waals surface area contributed by atoms with Gasteiger partial charge in [-0.05, 0) is 38.1 Å². The molecule has 122 valence electrons. The minimum atomic E-state index is -0.377. The molecule has 0 heterocycles. The van der Waals surface area contributed by atoms with E-state index in [9.17, 15) is 10.1 Å². The quantitative estimate of drug-likeness (QED) is 0.553. The van der Waals surface area contributed by atoms with Crippen molar-refractivity contribution in [3.63, 3.8) is 0 Å². The highest BCUT2D eigenvalue weighted by atomic mass is 16.6. The number of benzene rings is 2. The second-order valence-electron chi connectivity index (χ2n) is 5.64. The number of nitro benzene ring substituents is 1. The first-order chi connectivity index (χ1) is 11.0. The van der Waals surface area contributed by atoms with Gasteiger partial charge in [-0.25, -0.2) is 0 Å². The Balaban J connectivity index is 1.69. The highest BCUT2D eigenvalue weighted by Crippen LogP contribution is 2.13. The Bertz CT molecular complexity index is 624. The van der Waals surface area contributed by atoms with Crippen LogP contribution in [-0.4, -0.2) is 36.6 Å². The number of ether oxygens (including phenoxy) is 1. The van der Waals surface area contributed by atoms with Crippen molar-refractivity contribution in [3.05, 3.63) is 69.8 Å². The van der Waals surface area contributed by atoms with Crippen molar-refractivity contribution in [2.45, 2.75) is 13.3 Å². The molecule has 2 aromatic carbocycles. The summed E-state index contributed by atoms with van der Waals surface area (Å²) in [7, 11) is 2.05. The zero-order valence-electron chi connectivity index (χ0n) is 13.6. The first-order valence-corrected chi connectivity index (χ1v) is 7.66. The van der Waals surface area contributed by atoms with E-state index in [1.807, 2.05) is 43.4 Å². The van der Waals surface area contributed by atoms with Gasteiger partial charge in [-0.2, -0.15) is 0 Å². The van der Waals surface area contributed by atoms with E-state index in [-0.39, 0.29) is 10.6 Å². The van der Waals surface area contributed by atoms with Crippen LogP contribution in [0.5, 0.6) is 5.75 Å². The standard InChI is InChI=1S/C18H22N2O3/c1-15-3-9-18(10-4-15)23-14-13-19(2)12-11-16-5-7-17(8-6-16)20(21)22/h3-10H,11-14H2,1-2H3. The van der Waals surface area contributed by atoms with Crippen LogP contribution in [0.2, 0.25) is 0 Å². The molecule has 0 amide bonds.